The Hall–Kier alpha value is -2.08. The third kappa shape index (κ3) is 7.84. The molecule has 0 aromatic heterocycles. The van der Waals surface area contributed by atoms with Gasteiger partial charge in [0, 0.05) is 6.54 Å². The minimum absolute atomic E-state index is 0.151. The van der Waals surface area contributed by atoms with Crippen LogP contribution in [-0.4, -0.2) is 31.7 Å². The van der Waals surface area contributed by atoms with Gasteiger partial charge in [-0.05, 0) is 96.4 Å². The number of rotatable bonds is 6. The summed E-state index contributed by atoms with van der Waals surface area (Å²) in [5.74, 6) is 0. The van der Waals surface area contributed by atoms with Crippen molar-refractivity contribution in [1.29, 1.82) is 0 Å². The van der Waals surface area contributed by atoms with Crippen LogP contribution in [0.4, 0.5) is 4.79 Å². The van der Waals surface area contributed by atoms with Crippen LogP contribution in [0.2, 0.25) is 0 Å². The van der Waals surface area contributed by atoms with Gasteiger partial charge in [0.2, 0.25) is 0 Å². The summed E-state index contributed by atoms with van der Waals surface area (Å²) in [6.07, 6.45) is 7.39. The molecule has 1 fully saturated rings. The number of sulfonamides is 1. The van der Waals surface area contributed by atoms with Crippen LogP contribution in [0.3, 0.4) is 0 Å². The van der Waals surface area contributed by atoms with Gasteiger partial charge in [-0.2, -0.15) is 0 Å². The Bertz CT molecular complexity index is 937. The third-order valence-electron chi connectivity index (χ3n) is 4.98. The summed E-state index contributed by atoms with van der Waals surface area (Å²) in [6.45, 7) is 10.8. The summed E-state index contributed by atoms with van der Waals surface area (Å²) >= 11 is 0. The molecule has 2 rings (SSSR count). The quantitative estimate of drug-likeness (QED) is 0.462. The molecule has 0 heterocycles. The van der Waals surface area contributed by atoms with Crippen LogP contribution in [0.1, 0.15) is 76.0 Å². The molecule has 0 spiro atoms. The molecule has 1 aliphatic carbocycles. The maximum absolute atomic E-state index is 13.2. The fraction of sp³-hybridized carbons (Fsp3) is 0.583. The number of hydrogen-bond donors (Lipinski definition) is 1. The second-order valence-corrected chi connectivity index (χ2v) is 10.9. The zero-order chi connectivity index (χ0) is 23.2. The number of hydrazine groups is 1. The largest absolute Gasteiger partial charge is 0.443 e. The Morgan fingerprint density at radius 3 is 2.26 bits per heavy atom. The Balaban J connectivity index is 2.23. The molecule has 1 aliphatic rings. The zero-order valence-corrected chi connectivity index (χ0v) is 20.5. The molecule has 1 saturated carbocycles. The normalized spacial score (nSPS) is 14.7. The molecular weight excluding hydrogens is 412 g/mol. The van der Waals surface area contributed by atoms with E-state index in [1.54, 1.807) is 34.6 Å². The molecule has 1 aromatic carbocycles. The second kappa shape index (κ2) is 10.5. The van der Waals surface area contributed by atoms with E-state index in [1.807, 2.05) is 25.1 Å². The molecule has 0 saturated heterocycles. The molecule has 0 unspecified atom stereocenters. The van der Waals surface area contributed by atoms with E-state index in [4.69, 9.17) is 4.74 Å². The summed E-state index contributed by atoms with van der Waals surface area (Å²) in [6, 6.07) is 3.64. The Morgan fingerprint density at radius 2 is 1.71 bits per heavy atom. The smallest absolute Gasteiger partial charge is 0.425 e. The summed E-state index contributed by atoms with van der Waals surface area (Å²) in [5, 5.41) is 1.04. The van der Waals surface area contributed by atoms with Crippen molar-refractivity contribution in [2.24, 2.45) is 0 Å². The van der Waals surface area contributed by atoms with Gasteiger partial charge >= 0.3 is 6.09 Å². The average Bonchev–Trinajstić information content (AvgIpc) is 2.62. The van der Waals surface area contributed by atoms with Gasteiger partial charge in [0.15, 0.2) is 0 Å². The molecular formula is C24H36N2O4S. The Kier molecular flexibility index (Phi) is 8.52. The van der Waals surface area contributed by atoms with Crippen LogP contribution in [0, 0.1) is 20.8 Å². The lowest BCUT2D eigenvalue weighted by atomic mass is 9.96. The maximum Gasteiger partial charge on any atom is 0.425 e. The highest BCUT2D eigenvalue weighted by Gasteiger charge is 2.28. The maximum atomic E-state index is 13.2. The number of nitrogens with zero attached hydrogens (tertiary/aromatic N) is 1. The van der Waals surface area contributed by atoms with Crippen LogP contribution in [0.15, 0.2) is 34.4 Å². The van der Waals surface area contributed by atoms with Crippen molar-refractivity contribution in [3.63, 3.8) is 0 Å². The van der Waals surface area contributed by atoms with Crippen molar-refractivity contribution in [3.05, 3.63) is 46.2 Å². The zero-order valence-electron chi connectivity index (χ0n) is 19.7. The number of carbonyl (C=O) groups is 1. The first kappa shape index (κ1) is 25.2. The number of aryl methyl sites for hydroxylation is 3. The predicted molar refractivity (Wildman–Crippen MR) is 123 cm³/mol. The van der Waals surface area contributed by atoms with Gasteiger partial charge in [-0.25, -0.2) is 18.2 Å². The first-order valence-electron chi connectivity index (χ1n) is 10.9. The van der Waals surface area contributed by atoms with Crippen molar-refractivity contribution in [2.75, 3.05) is 6.54 Å². The molecule has 0 radical (unpaired) electrons. The monoisotopic (exact) mass is 448 g/mol. The van der Waals surface area contributed by atoms with Crippen LogP contribution < -0.4 is 4.83 Å². The molecule has 6 nitrogen and oxygen atoms in total. The molecule has 0 atom stereocenters. The van der Waals surface area contributed by atoms with Gasteiger partial charge in [0.1, 0.15) is 5.60 Å². The lowest BCUT2D eigenvalue weighted by Crippen LogP contribution is -2.48. The molecule has 7 heteroatoms. The highest BCUT2D eigenvalue weighted by Crippen LogP contribution is 2.23. The van der Waals surface area contributed by atoms with Crippen LogP contribution >= 0.6 is 0 Å². The molecule has 1 aromatic rings. The summed E-state index contributed by atoms with van der Waals surface area (Å²) in [7, 11) is -3.96. The molecule has 1 N–H and O–H groups in total. The third-order valence-corrected chi connectivity index (χ3v) is 6.62. The van der Waals surface area contributed by atoms with E-state index in [-0.39, 0.29) is 11.4 Å². The summed E-state index contributed by atoms with van der Waals surface area (Å²) < 4.78 is 31.7. The fourth-order valence-corrected chi connectivity index (χ4v) is 5.32. The topological polar surface area (TPSA) is 75.7 Å². The Morgan fingerprint density at radius 1 is 1.13 bits per heavy atom. The number of carbonyl (C=O) groups excluding carboxylic acids is 1. The fourth-order valence-electron chi connectivity index (χ4n) is 3.81. The molecule has 0 bridgehead atoms. The molecule has 0 aliphatic heterocycles. The first-order valence-corrected chi connectivity index (χ1v) is 12.4. The van der Waals surface area contributed by atoms with Gasteiger partial charge in [-0.15, -0.1) is 10.6 Å². The van der Waals surface area contributed by atoms with E-state index in [0.29, 0.717) is 17.5 Å². The predicted octanol–water partition coefficient (Wildman–Crippen LogP) is 5.48. The van der Waals surface area contributed by atoms with E-state index in [2.05, 4.69) is 10.6 Å². The van der Waals surface area contributed by atoms with Gasteiger partial charge < -0.3 is 4.74 Å². The SMILES string of the molecule is Cc1cc(C)c(S(=O)(=O)NN(CCC=C=C2CCCCC2)C(=O)OC(C)(C)C)c(C)c1. The van der Waals surface area contributed by atoms with Crippen molar-refractivity contribution in [3.8, 4) is 0 Å². The minimum Gasteiger partial charge on any atom is -0.443 e. The van der Waals surface area contributed by atoms with E-state index < -0.39 is 21.7 Å². The van der Waals surface area contributed by atoms with Crippen LogP contribution in [-0.2, 0) is 14.8 Å². The summed E-state index contributed by atoms with van der Waals surface area (Å²) in [4.78, 5) is 15.4. The van der Waals surface area contributed by atoms with Gasteiger partial charge in [-0.3, -0.25) is 0 Å². The molecule has 31 heavy (non-hydrogen) atoms. The van der Waals surface area contributed by atoms with E-state index in [9.17, 15) is 13.2 Å². The van der Waals surface area contributed by atoms with Crippen molar-refractivity contribution in [2.45, 2.75) is 90.6 Å². The first-order chi connectivity index (χ1) is 14.4. The molecule has 1 amide bonds. The molecule has 172 valence electrons. The number of nitrogens with one attached hydrogen (secondary N) is 1. The summed E-state index contributed by atoms with van der Waals surface area (Å²) in [5.41, 5.74) is 6.13. The van der Waals surface area contributed by atoms with E-state index in [1.165, 1.54) is 24.8 Å². The minimum atomic E-state index is -3.96. The number of amides is 1. The number of hydrogen-bond acceptors (Lipinski definition) is 4. The Labute approximate surface area is 187 Å². The van der Waals surface area contributed by atoms with Crippen LogP contribution in [0.25, 0.3) is 0 Å². The lowest BCUT2D eigenvalue weighted by molar-refractivity contribution is 0.0206. The van der Waals surface area contributed by atoms with Crippen molar-refractivity contribution < 1.29 is 17.9 Å². The van der Waals surface area contributed by atoms with E-state index in [0.717, 1.165) is 23.4 Å². The average molecular weight is 449 g/mol. The highest BCUT2D eigenvalue weighted by atomic mass is 32.2. The van der Waals surface area contributed by atoms with Gasteiger partial charge in [0.25, 0.3) is 10.0 Å². The lowest BCUT2D eigenvalue weighted by Gasteiger charge is -2.27. The van der Waals surface area contributed by atoms with Gasteiger partial charge in [0.05, 0.1) is 4.90 Å². The van der Waals surface area contributed by atoms with Crippen molar-refractivity contribution >= 4 is 16.1 Å². The van der Waals surface area contributed by atoms with Crippen molar-refractivity contribution in [1.82, 2.24) is 9.84 Å². The number of ether oxygens (including phenoxy) is 1. The van der Waals surface area contributed by atoms with Gasteiger partial charge in [-0.1, -0.05) is 24.1 Å². The van der Waals surface area contributed by atoms with E-state index >= 15 is 0 Å². The highest BCUT2D eigenvalue weighted by molar-refractivity contribution is 7.89. The standard InChI is InChI=1S/C24H36N2O4S/c1-18-16-19(2)22(20(3)17-18)31(28,29)25-26(23(27)30-24(4,5)6)15-11-10-14-21-12-8-7-9-13-21/h10,16-17,25H,7-9,11-13,15H2,1-6H3. The second-order valence-electron chi connectivity index (χ2n) is 9.26. The van der Waals surface area contributed by atoms with Crippen LogP contribution in [0.5, 0.6) is 0 Å². The number of benzene rings is 1.